The van der Waals surface area contributed by atoms with Crippen LogP contribution in [0.3, 0.4) is 0 Å². The molecule has 0 fully saturated rings. The lowest BCUT2D eigenvalue weighted by Crippen LogP contribution is -2.14. The molecule has 0 aliphatic rings. The van der Waals surface area contributed by atoms with Gasteiger partial charge in [0.05, 0.1) is 12.4 Å². The highest BCUT2D eigenvalue weighted by atomic mass is 79.9. The highest BCUT2D eigenvalue weighted by Crippen LogP contribution is 2.20. The second-order valence-electron chi connectivity index (χ2n) is 5.69. The van der Waals surface area contributed by atoms with E-state index < -0.39 is 0 Å². The van der Waals surface area contributed by atoms with Crippen molar-refractivity contribution in [2.24, 2.45) is 0 Å². The minimum atomic E-state index is -0.298. The topological polar surface area (TPSA) is 66.9 Å². The van der Waals surface area contributed by atoms with Crippen molar-refractivity contribution in [3.05, 3.63) is 76.2 Å². The summed E-state index contributed by atoms with van der Waals surface area (Å²) < 4.78 is 0.951. The summed E-state index contributed by atoms with van der Waals surface area (Å²) in [7, 11) is 0. The molecule has 25 heavy (non-hydrogen) atoms. The molecule has 6 heteroatoms. The molecular formula is C19H17BrN4O. The van der Waals surface area contributed by atoms with Gasteiger partial charge in [0.1, 0.15) is 11.5 Å². The fourth-order valence-electron chi connectivity index (χ4n) is 2.33. The SMILES string of the molecule is Cc1ccc(Nc2cnc(C(=O)Nc3ccc(Br)cc3)cn2)c(C)c1. The second-order valence-corrected chi connectivity index (χ2v) is 6.61. The molecular weight excluding hydrogens is 380 g/mol. The number of aryl methyl sites for hydroxylation is 2. The molecule has 2 N–H and O–H groups in total. The Morgan fingerprint density at radius 3 is 2.40 bits per heavy atom. The Labute approximate surface area is 154 Å². The quantitative estimate of drug-likeness (QED) is 0.661. The molecule has 0 saturated carbocycles. The van der Waals surface area contributed by atoms with Gasteiger partial charge in [0.2, 0.25) is 0 Å². The van der Waals surface area contributed by atoms with Gasteiger partial charge in [0.15, 0.2) is 0 Å². The fourth-order valence-corrected chi connectivity index (χ4v) is 2.59. The van der Waals surface area contributed by atoms with Crippen molar-refractivity contribution in [3.8, 4) is 0 Å². The van der Waals surface area contributed by atoms with E-state index in [2.05, 4.69) is 49.5 Å². The van der Waals surface area contributed by atoms with Crippen LogP contribution in [0.25, 0.3) is 0 Å². The first-order valence-corrected chi connectivity index (χ1v) is 8.54. The lowest BCUT2D eigenvalue weighted by Gasteiger charge is -2.10. The van der Waals surface area contributed by atoms with Crippen molar-refractivity contribution in [2.75, 3.05) is 10.6 Å². The first-order valence-electron chi connectivity index (χ1n) is 7.74. The van der Waals surface area contributed by atoms with Gasteiger partial charge in [-0.3, -0.25) is 4.79 Å². The van der Waals surface area contributed by atoms with Crippen LogP contribution in [-0.2, 0) is 0 Å². The number of rotatable bonds is 4. The van der Waals surface area contributed by atoms with Crippen molar-refractivity contribution < 1.29 is 4.79 Å². The zero-order valence-corrected chi connectivity index (χ0v) is 15.5. The number of anilines is 3. The number of amides is 1. The van der Waals surface area contributed by atoms with Crippen LogP contribution in [-0.4, -0.2) is 15.9 Å². The van der Waals surface area contributed by atoms with Gasteiger partial charge >= 0.3 is 0 Å². The third-order valence-corrected chi connectivity index (χ3v) is 4.16. The predicted octanol–water partition coefficient (Wildman–Crippen LogP) is 4.85. The minimum absolute atomic E-state index is 0.258. The van der Waals surface area contributed by atoms with Crippen molar-refractivity contribution >= 4 is 39.0 Å². The summed E-state index contributed by atoms with van der Waals surface area (Å²) in [6.07, 6.45) is 3.01. The Hall–Kier alpha value is -2.73. The third-order valence-electron chi connectivity index (χ3n) is 3.63. The summed E-state index contributed by atoms with van der Waals surface area (Å²) in [5.74, 6) is 0.292. The zero-order valence-electron chi connectivity index (χ0n) is 13.9. The van der Waals surface area contributed by atoms with Crippen LogP contribution in [0.2, 0.25) is 0 Å². The van der Waals surface area contributed by atoms with Gasteiger partial charge in [-0.1, -0.05) is 33.6 Å². The maximum Gasteiger partial charge on any atom is 0.275 e. The van der Waals surface area contributed by atoms with Crippen molar-refractivity contribution in [3.63, 3.8) is 0 Å². The Balaban J connectivity index is 1.69. The highest BCUT2D eigenvalue weighted by Gasteiger charge is 2.09. The van der Waals surface area contributed by atoms with E-state index in [1.807, 2.05) is 43.3 Å². The molecule has 2 aromatic carbocycles. The van der Waals surface area contributed by atoms with Crippen LogP contribution in [0.15, 0.2) is 59.3 Å². The van der Waals surface area contributed by atoms with Crippen LogP contribution in [0, 0.1) is 13.8 Å². The van der Waals surface area contributed by atoms with Crippen LogP contribution in [0.5, 0.6) is 0 Å². The number of aromatic nitrogens is 2. The van der Waals surface area contributed by atoms with Crippen molar-refractivity contribution in [1.29, 1.82) is 0 Å². The summed E-state index contributed by atoms with van der Waals surface area (Å²) in [5.41, 5.74) is 4.25. The van der Waals surface area contributed by atoms with E-state index in [4.69, 9.17) is 0 Å². The molecule has 0 atom stereocenters. The van der Waals surface area contributed by atoms with Crippen LogP contribution >= 0.6 is 15.9 Å². The molecule has 0 unspecified atom stereocenters. The lowest BCUT2D eigenvalue weighted by atomic mass is 10.1. The second kappa shape index (κ2) is 7.44. The average Bonchev–Trinajstić information content (AvgIpc) is 2.60. The molecule has 0 aliphatic heterocycles. The van der Waals surface area contributed by atoms with E-state index in [9.17, 15) is 4.79 Å². The van der Waals surface area contributed by atoms with Gasteiger partial charge in [-0.25, -0.2) is 9.97 Å². The predicted molar refractivity (Wildman–Crippen MR) is 103 cm³/mol. The summed E-state index contributed by atoms with van der Waals surface area (Å²) in [6.45, 7) is 4.08. The Morgan fingerprint density at radius 2 is 1.76 bits per heavy atom. The molecule has 0 bridgehead atoms. The fraction of sp³-hybridized carbons (Fsp3) is 0.105. The zero-order chi connectivity index (χ0) is 17.8. The number of halogens is 1. The molecule has 126 valence electrons. The molecule has 1 amide bonds. The third kappa shape index (κ3) is 4.42. The standard InChI is InChI=1S/C19H17BrN4O/c1-12-3-8-16(13(2)9-12)24-18-11-21-17(10-22-18)19(25)23-15-6-4-14(20)5-7-15/h3-11H,1-2H3,(H,22,24)(H,23,25). The number of nitrogens with zero attached hydrogens (tertiary/aromatic N) is 2. The molecule has 3 aromatic rings. The normalized spacial score (nSPS) is 10.4. The number of carbonyl (C=O) groups excluding carboxylic acids is 1. The number of benzene rings is 2. The molecule has 0 saturated heterocycles. The number of nitrogens with one attached hydrogen (secondary N) is 2. The highest BCUT2D eigenvalue weighted by molar-refractivity contribution is 9.10. The van der Waals surface area contributed by atoms with Gasteiger partial charge in [0.25, 0.3) is 5.91 Å². The van der Waals surface area contributed by atoms with E-state index in [0.717, 1.165) is 15.7 Å². The van der Waals surface area contributed by atoms with E-state index in [0.29, 0.717) is 11.5 Å². The maximum absolute atomic E-state index is 12.2. The lowest BCUT2D eigenvalue weighted by molar-refractivity contribution is 0.102. The van der Waals surface area contributed by atoms with Gasteiger partial charge in [-0.2, -0.15) is 0 Å². The summed E-state index contributed by atoms with van der Waals surface area (Å²) in [5, 5.41) is 6.00. The van der Waals surface area contributed by atoms with Crippen LogP contribution < -0.4 is 10.6 Å². The van der Waals surface area contributed by atoms with Crippen LogP contribution in [0.1, 0.15) is 21.6 Å². The molecule has 3 rings (SSSR count). The number of hydrogen-bond donors (Lipinski definition) is 2. The summed E-state index contributed by atoms with van der Waals surface area (Å²) in [4.78, 5) is 20.7. The van der Waals surface area contributed by atoms with Crippen molar-refractivity contribution in [1.82, 2.24) is 9.97 Å². The van der Waals surface area contributed by atoms with E-state index >= 15 is 0 Å². The van der Waals surface area contributed by atoms with E-state index in [-0.39, 0.29) is 11.6 Å². The van der Waals surface area contributed by atoms with Crippen LogP contribution in [0.4, 0.5) is 17.2 Å². The van der Waals surface area contributed by atoms with E-state index in [1.54, 1.807) is 6.20 Å². The average molecular weight is 397 g/mol. The van der Waals surface area contributed by atoms with Gasteiger partial charge in [-0.05, 0) is 49.7 Å². The summed E-state index contributed by atoms with van der Waals surface area (Å²) in [6, 6.07) is 13.5. The maximum atomic E-state index is 12.2. The number of hydrogen-bond acceptors (Lipinski definition) is 4. The van der Waals surface area contributed by atoms with Crippen molar-refractivity contribution in [2.45, 2.75) is 13.8 Å². The number of carbonyl (C=O) groups is 1. The first kappa shape index (κ1) is 17.1. The summed E-state index contributed by atoms with van der Waals surface area (Å²) >= 11 is 3.36. The largest absolute Gasteiger partial charge is 0.339 e. The van der Waals surface area contributed by atoms with E-state index in [1.165, 1.54) is 11.8 Å². The monoisotopic (exact) mass is 396 g/mol. The molecule has 0 radical (unpaired) electrons. The molecule has 1 heterocycles. The van der Waals surface area contributed by atoms with Gasteiger partial charge < -0.3 is 10.6 Å². The minimum Gasteiger partial charge on any atom is -0.339 e. The first-order chi connectivity index (χ1) is 12.0. The van der Waals surface area contributed by atoms with Gasteiger partial charge in [-0.15, -0.1) is 0 Å². The smallest absolute Gasteiger partial charge is 0.275 e. The Morgan fingerprint density at radius 1 is 1.00 bits per heavy atom. The Kier molecular flexibility index (Phi) is 5.09. The van der Waals surface area contributed by atoms with Gasteiger partial charge in [0, 0.05) is 15.8 Å². The molecule has 0 spiro atoms. The molecule has 1 aromatic heterocycles. The molecule has 0 aliphatic carbocycles. The molecule has 5 nitrogen and oxygen atoms in total. The Bertz CT molecular complexity index is 892.